The standard InChI is InChI=1S/C33H30BrN3O6/c1-2-3-12-24(33(42)43-17-25(38)35-36-30(39)18-13-15-19(34)16-14-18)37-31(40)28-26-20-8-4-5-9-21(20)27(29(28)32(37)41)23-11-7-6-10-22(23)26/h4-11,13-16,24,26-29H,2-3,12,17H2,1H3,(H,35,38)(H,36,39)/t24-,26?,27?,28-,29+/m0/s1. The summed E-state index contributed by atoms with van der Waals surface area (Å²) in [5.74, 6) is -4.68. The maximum absolute atomic E-state index is 14.1. The SMILES string of the molecule is CCCC[C@@H](C(=O)OCC(=O)NNC(=O)c1ccc(Br)cc1)N1C(=O)[C@@H]2C3c4ccccc4C(c4ccccc43)[C@@H]2C1=O. The molecule has 3 aromatic rings. The van der Waals surface area contributed by atoms with E-state index in [9.17, 15) is 24.0 Å². The lowest BCUT2D eigenvalue weighted by molar-refractivity contribution is -0.161. The molecule has 3 aliphatic carbocycles. The van der Waals surface area contributed by atoms with Crippen LogP contribution in [0.5, 0.6) is 0 Å². The fourth-order valence-corrected chi connectivity index (χ4v) is 7.09. The summed E-state index contributed by atoms with van der Waals surface area (Å²) in [7, 11) is 0. The predicted octanol–water partition coefficient (Wildman–Crippen LogP) is 4.20. The summed E-state index contributed by atoms with van der Waals surface area (Å²) in [5, 5.41) is 0. The lowest BCUT2D eigenvalue weighted by Crippen LogP contribution is -2.48. The number of hydrogen-bond acceptors (Lipinski definition) is 6. The smallest absolute Gasteiger partial charge is 0.329 e. The number of carbonyl (C=O) groups excluding carboxylic acids is 5. The molecule has 0 spiro atoms. The van der Waals surface area contributed by atoms with Gasteiger partial charge in [0.15, 0.2) is 6.61 Å². The van der Waals surface area contributed by atoms with Gasteiger partial charge in [-0.1, -0.05) is 84.2 Å². The Hall–Kier alpha value is -4.31. The Morgan fingerprint density at radius 1 is 0.814 bits per heavy atom. The molecule has 220 valence electrons. The fraction of sp³-hybridized carbons (Fsp3) is 0.303. The van der Waals surface area contributed by atoms with Crippen molar-refractivity contribution in [3.63, 3.8) is 0 Å². The Morgan fingerprint density at radius 2 is 1.33 bits per heavy atom. The molecular weight excluding hydrogens is 614 g/mol. The molecule has 10 heteroatoms. The van der Waals surface area contributed by atoms with Gasteiger partial charge in [-0.05, 0) is 52.9 Å². The Balaban J connectivity index is 1.19. The highest BCUT2D eigenvalue weighted by molar-refractivity contribution is 9.10. The molecule has 0 radical (unpaired) electrons. The lowest BCUT2D eigenvalue weighted by Gasteiger charge is -2.45. The summed E-state index contributed by atoms with van der Waals surface area (Å²) >= 11 is 3.29. The van der Waals surface area contributed by atoms with Gasteiger partial charge in [-0.25, -0.2) is 4.79 Å². The van der Waals surface area contributed by atoms with Gasteiger partial charge in [-0.3, -0.25) is 34.9 Å². The highest BCUT2D eigenvalue weighted by Gasteiger charge is 2.63. The molecule has 1 saturated heterocycles. The van der Waals surface area contributed by atoms with E-state index in [4.69, 9.17) is 4.74 Å². The van der Waals surface area contributed by atoms with E-state index >= 15 is 0 Å². The summed E-state index contributed by atoms with van der Waals surface area (Å²) in [5.41, 5.74) is 9.01. The highest BCUT2D eigenvalue weighted by Crippen LogP contribution is 2.61. The fourth-order valence-electron chi connectivity index (χ4n) is 6.83. The Labute approximate surface area is 257 Å². The van der Waals surface area contributed by atoms with Crippen LogP contribution in [-0.4, -0.2) is 47.1 Å². The number of nitrogens with zero attached hydrogens (tertiary/aromatic N) is 1. The first-order chi connectivity index (χ1) is 20.8. The van der Waals surface area contributed by atoms with E-state index in [1.165, 1.54) is 0 Å². The number of esters is 1. The normalized spacial score (nSPS) is 21.9. The van der Waals surface area contributed by atoms with Gasteiger partial charge in [-0.15, -0.1) is 0 Å². The molecule has 1 fully saturated rings. The number of hydrogen-bond donors (Lipinski definition) is 2. The number of halogens is 1. The minimum atomic E-state index is -1.15. The number of rotatable bonds is 8. The molecule has 2 bridgehead atoms. The van der Waals surface area contributed by atoms with E-state index in [0.29, 0.717) is 12.0 Å². The zero-order valence-electron chi connectivity index (χ0n) is 23.4. The van der Waals surface area contributed by atoms with Crippen molar-refractivity contribution in [1.82, 2.24) is 15.8 Å². The van der Waals surface area contributed by atoms with E-state index in [-0.39, 0.29) is 30.1 Å². The number of hydrazine groups is 1. The molecule has 3 atom stereocenters. The molecule has 0 saturated carbocycles. The molecule has 4 aliphatic rings. The van der Waals surface area contributed by atoms with Crippen LogP contribution in [0.3, 0.4) is 0 Å². The monoisotopic (exact) mass is 643 g/mol. The molecule has 2 N–H and O–H groups in total. The zero-order chi connectivity index (χ0) is 30.2. The topological polar surface area (TPSA) is 122 Å². The number of benzene rings is 3. The van der Waals surface area contributed by atoms with Crippen LogP contribution in [0, 0.1) is 11.8 Å². The summed E-state index contributed by atoms with van der Waals surface area (Å²) in [6.45, 7) is 1.26. The van der Waals surface area contributed by atoms with E-state index in [2.05, 4.69) is 26.8 Å². The van der Waals surface area contributed by atoms with Crippen LogP contribution in [0.15, 0.2) is 77.3 Å². The van der Waals surface area contributed by atoms with Crippen molar-refractivity contribution in [3.05, 3.63) is 105 Å². The second-order valence-corrected chi connectivity index (χ2v) is 12.0. The molecule has 0 unspecified atom stereocenters. The van der Waals surface area contributed by atoms with Crippen molar-refractivity contribution >= 4 is 45.5 Å². The second kappa shape index (κ2) is 11.8. The van der Waals surface area contributed by atoms with Gasteiger partial charge in [0.05, 0.1) is 11.8 Å². The Morgan fingerprint density at radius 3 is 1.81 bits per heavy atom. The minimum absolute atomic E-state index is 0.226. The second-order valence-electron chi connectivity index (χ2n) is 11.1. The number of amides is 4. The Bertz CT molecular complexity index is 1510. The third-order valence-electron chi connectivity index (χ3n) is 8.66. The van der Waals surface area contributed by atoms with E-state index in [1.54, 1.807) is 24.3 Å². The van der Waals surface area contributed by atoms with Gasteiger partial charge in [0.2, 0.25) is 11.8 Å². The van der Waals surface area contributed by atoms with Gasteiger partial charge in [0.1, 0.15) is 6.04 Å². The van der Waals surface area contributed by atoms with Crippen LogP contribution in [0.2, 0.25) is 0 Å². The third-order valence-corrected chi connectivity index (χ3v) is 9.19. The first-order valence-electron chi connectivity index (χ1n) is 14.4. The number of carbonyl (C=O) groups is 5. The van der Waals surface area contributed by atoms with Gasteiger partial charge in [0.25, 0.3) is 11.8 Å². The van der Waals surface area contributed by atoms with Crippen LogP contribution in [0.1, 0.15) is 70.6 Å². The minimum Gasteiger partial charge on any atom is -0.454 e. The lowest BCUT2D eigenvalue weighted by atomic mass is 9.55. The summed E-state index contributed by atoms with van der Waals surface area (Å²) < 4.78 is 6.12. The molecule has 1 heterocycles. The van der Waals surface area contributed by atoms with E-state index in [0.717, 1.165) is 38.0 Å². The van der Waals surface area contributed by atoms with Crippen LogP contribution in [-0.2, 0) is 23.9 Å². The summed E-state index contributed by atoms with van der Waals surface area (Å²) in [6, 6.07) is 21.3. The maximum atomic E-state index is 14.1. The maximum Gasteiger partial charge on any atom is 0.329 e. The first-order valence-corrected chi connectivity index (χ1v) is 15.2. The molecular formula is C33H30BrN3O6. The molecule has 0 aromatic heterocycles. The van der Waals surface area contributed by atoms with Crippen molar-refractivity contribution in [2.45, 2.75) is 44.1 Å². The van der Waals surface area contributed by atoms with Gasteiger partial charge >= 0.3 is 5.97 Å². The quantitative estimate of drug-likeness (QED) is 0.216. The molecule has 9 nitrogen and oxygen atoms in total. The Kier molecular flexibility index (Phi) is 7.87. The number of imide groups is 1. The number of unbranched alkanes of at least 4 members (excludes halogenated alkanes) is 1. The molecule has 3 aromatic carbocycles. The van der Waals surface area contributed by atoms with Crippen molar-refractivity contribution in [2.24, 2.45) is 11.8 Å². The first kappa shape index (κ1) is 28.8. The average Bonchev–Trinajstić information content (AvgIpc) is 3.29. The van der Waals surface area contributed by atoms with Crippen LogP contribution in [0.4, 0.5) is 0 Å². The molecule has 4 amide bonds. The number of ether oxygens (including phenoxy) is 1. The van der Waals surface area contributed by atoms with Crippen molar-refractivity contribution in [1.29, 1.82) is 0 Å². The van der Waals surface area contributed by atoms with Crippen molar-refractivity contribution in [3.8, 4) is 0 Å². The molecule has 43 heavy (non-hydrogen) atoms. The third kappa shape index (κ3) is 5.03. The zero-order valence-corrected chi connectivity index (χ0v) is 25.0. The van der Waals surface area contributed by atoms with Crippen molar-refractivity contribution in [2.75, 3.05) is 6.61 Å². The largest absolute Gasteiger partial charge is 0.454 e. The molecule has 1 aliphatic heterocycles. The van der Waals surface area contributed by atoms with Gasteiger partial charge in [-0.2, -0.15) is 0 Å². The van der Waals surface area contributed by atoms with Gasteiger partial charge in [0, 0.05) is 21.9 Å². The van der Waals surface area contributed by atoms with Crippen LogP contribution >= 0.6 is 15.9 Å². The average molecular weight is 645 g/mol. The number of likely N-dealkylation sites (tertiary alicyclic amines) is 1. The predicted molar refractivity (Wildman–Crippen MR) is 159 cm³/mol. The summed E-state index contributed by atoms with van der Waals surface area (Å²) in [4.78, 5) is 67.4. The van der Waals surface area contributed by atoms with Gasteiger partial charge < -0.3 is 4.74 Å². The van der Waals surface area contributed by atoms with E-state index in [1.807, 2.05) is 55.5 Å². The van der Waals surface area contributed by atoms with Crippen LogP contribution in [0.25, 0.3) is 0 Å². The number of nitrogens with one attached hydrogen (secondary N) is 2. The summed E-state index contributed by atoms with van der Waals surface area (Å²) in [6.07, 6.45) is 1.54. The van der Waals surface area contributed by atoms with Crippen LogP contribution < -0.4 is 10.9 Å². The highest BCUT2D eigenvalue weighted by atomic mass is 79.9. The van der Waals surface area contributed by atoms with E-state index < -0.39 is 42.3 Å². The van der Waals surface area contributed by atoms with Crippen molar-refractivity contribution < 1.29 is 28.7 Å². The molecule has 7 rings (SSSR count).